The van der Waals surface area contributed by atoms with Gasteiger partial charge in [-0.25, -0.2) is 13.1 Å². The third kappa shape index (κ3) is 3.11. The summed E-state index contributed by atoms with van der Waals surface area (Å²) in [6.07, 6.45) is 4.74. The Morgan fingerprint density at radius 3 is 2.42 bits per heavy atom. The Balaban J connectivity index is 2.38. The summed E-state index contributed by atoms with van der Waals surface area (Å²) in [5.41, 5.74) is 0. The molecule has 71 valence electrons. The fourth-order valence-electron chi connectivity index (χ4n) is 1.55. The molecule has 0 aliphatic heterocycles. The van der Waals surface area contributed by atoms with Gasteiger partial charge in [-0.15, -0.1) is 0 Å². The summed E-state index contributed by atoms with van der Waals surface area (Å²) in [5, 5.41) is 0. The molecule has 12 heavy (non-hydrogen) atoms. The zero-order chi connectivity index (χ0) is 9.03. The van der Waals surface area contributed by atoms with Crippen LogP contribution in [0.5, 0.6) is 0 Å². The van der Waals surface area contributed by atoms with Crippen LogP contribution in [0.15, 0.2) is 0 Å². The molecule has 1 fully saturated rings. The van der Waals surface area contributed by atoms with Crippen molar-refractivity contribution in [1.82, 2.24) is 4.72 Å². The highest BCUT2D eigenvalue weighted by Gasteiger charge is 2.20. The second-order valence-corrected chi connectivity index (χ2v) is 5.15. The zero-order valence-electron chi connectivity index (χ0n) is 7.25. The lowest BCUT2D eigenvalue weighted by molar-refractivity contribution is 0.552. The summed E-state index contributed by atoms with van der Waals surface area (Å²) in [4.78, 5) is 0. The van der Waals surface area contributed by atoms with Crippen LogP contribution in [0.3, 0.4) is 0 Å². The smallest absolute Gasteiger partial charge is 0.211 e. The van der Waals surface area contributed by atoms with E-state index in [1.54, 1.807) is 0 Å². The summed E-state index contributed by atoms with van der Waals surface area (Å²) in [6, 6.07) is 0.196. The van der Waals surface area contributed by atoms with Crippen molar-refractivity contribution in [3.8, 4) is 0 Å². The first-order valence-corrected chi connectivity index (χ1v) is 6.08. The average molecular weight is 190 g/mol. The lowest BCUT2D eigenvalue weighted by Crippen LogP contribution is -2.34. The molecule has 0 aromatic carbocycles. The molecular formula is C8H16NO2S. The first-order chi connectivity index (χ1) is 5.64. The summed E-state index contributed by atoms with van der Waals surface area (Å²) in [5.74, 6) is 0.156. The molecule has 1 rings (SSSR count). The topological polar surface area (TPSA) is 46.2 Å². The van der Waals surface area contributed by atoms with Crippen LogP contribution in [0.2, 0.25) is 0 Å². The second-order valence-electron chi connectivity index (χ2n) is 3.27. The van der Waals surface area contributed by atoms with E-state index in [4.69, 9.17) is 0 Å². The number of nitrogens with one attached hydrogen (secondary N) is 1. The molecule has 0 unspecified atom stereocenters. The highest BCUT2D eigenvalue weighted by molar-refractivity contribution is 7.89. The van der Waals surface area contributed by atoms with Crippen molar-refractivity contribution in [2.45, 2.75) is 38.1 Å². The van der Waals surface area contributed by atoms with Crippen LogP contribution in [-0.4, -0.2) is 20.2 Å². The largest absolute Gasteiger partial charge is 0.212 e. The predicted octanol–water partition coefficient (Wildman–Crippen LogP) is 1.07. The van der Waals surface area contributed by atoms with Gasteiger partial charge in [0.2, 0.25) is 10.0 Å². The van der Waals surface area contributed by atoms with E-state index in [-0.39, 0.29) is 11.8 Å². The molecule has 0 heterocycles. The fourth-order valence-corrected chi connectivity index (χ4v) is 2.79. The van der Waals surface area contributed by atoms with Gasteiger partial charge in [0.05, 0.1) is 5.75 Å². The van der Waals surface area contributed by atoms with Crippen LogP contribution in [0.1, 0.15) is 32.1 Å². The van der Waals surface area contributed by atoms with Crippen molar-refractivity contribution in [2.75, 3.05) is 5.75 Å². The first-order valence-electron chi connectivity index (χ1n) is 4.43. The van der Waals surface area contributed by atoms with Gasteiger partial charge >= 0.3 is 0 Å². The minimum atomic E-state index is -3.03. The van der Waals surface area contributed by atoms with Crippen LogP contribution in [0.4, 0.5) is 0 Å². The molecule has 1 saturated carbocycles. The maximum atomic E-state index is 11.2. The van der Waals surface area contributed by atoms with Gasteiger partial charge in [0.25, 0.3) is 0 Å². The molecule has 4 heteroatoms. The normalized spacial score (nSPS) is 20.1. The number of sulfonamides is 1. The Kier molecular flexibility index (Phi) is 3.53. The molecule has 1 radical (unpaired) electrons. The SMILES string of the molecule is [CH2]CCS(=O)(=O)NC1CCCC1. The number of rotatable bonds is 4. The van der Waals surface area contributed by atoms with E-state index in [9.17, 15) is 8.42 Å². The summed E-state index contributed by atoms with van der Waals surface area (Å²) >= 11 is 0. The van der Waals surface area contributed by atoms with E-state index < -0.39 is 10.0 Å². The van der Waals surface area contributed by atoms with Crippen molar-refractivity contribution in [2.24, 2.45) is 0 Å². The maximum absolute atomic E-state index is 11.2. The minimum Gasteiger partial charge on any atom is -0.212 e. The van der Waals surface area contributed by atoms with Crippen molar-refractivity contribution in [3.63, 3.8) is 0 Å². The summed E-state index contributed by atoms with van der Waals surface area (Å²) < 4.78 is 25.2. The lowest BCUT2D eigenvalue weighted by Gasteiger charge is -2.11. The summed E-state index contributed by atoms with van der Waals surface area (Å²) in [6.45, 7) is 3.53. The Hall–Kier alpha value is -0.0900. The fraction of sp³-hybridized carbons (Fsp3) is 0.875. The highest BCUT2D eigenvalue weighted by Crippen LogP contribution is 2.18. The van der Waals surface area contributed by atoms with Crippen molar-refractivity contribution in [1.29, 1.82) is 0 Å². The van der Waals surface area contributed by atoms with Crippen LogP contribution < -0.4 is 4.72 Å². The molecule has 0 amide bonds. The monoisotopic (exact) mass is 190 g/mol. The molecule has 1 aliphatic carbocycles. The molecular weight excluding hydrogens is 174 g/mol. The first kappa shape index (κ1) is 9.99. The van der Waals surface area contributed by atoms with E-state index in [0.29, 0.717) is 6.42 Å². The molecule has 0 atom stereocenters. The van der Waals surface area contributed by atoms with E-state index >= 15 is 0 Å². The van der Waals surface area contributed by atoms with Gasteiger partial charge in [-0.3, -0.25) is 0 Å². The molecule has 0 spiro atoms. The van der Waals surface area contributed by atoms with Gasteiger partial charge in [0.15, 0.2) is 0 Å². The average Bonchev–Trinajstić information content (AvgIpc) is 2.38. The second kappa shape index (κ2) is 4.23. The van der Waals surface area contributed by atoms with Gasteiger partial charge < -0.3 is 0 Å². The number of hydrogen-bond acceptors (Lipinski definition) is 2. The minimum absolute atomic E-state index is 0.156. The Bertz CT molecular complexity index is 217. The molecule has 0 saturated heterocycles. The van der Waals surface area contributed by atoms with Gasteiger partial charge in [0, 0.05) is 6.04 Å². The van der Waals surface area contributed by atoms with Crippen molar-refractivity contribution < 1.29 is 8.42 Å². The Morgan fingerprint density at radius 2 is 1.92 bits per heavy atom. The molecule has 3 nitrogen and oxygen atoms in total. The van der Waals surface area contributed by atoms with Gasteiger partial charge in [-0.1, -0.05) is 19.8 Å². The third-order valence-electron chi connectivity index (χ3n) is 2.11. The van der Waals surface area contributed by atoms with Gasteiger partial charge in [-0.2, -0.15) is 0 Å². The third-order valence-corrected chi connectivity index (χ3v) is 3.63. The Labute approximate surface area is 74.6 Å². The molecule has 0 aromatic heterocycles. The maximum Gasteiger partial charge on any atom is 0.211 e. The zero-order valence-corrected chi connectivity index (χ0v) is 8.07. The Morgan fingerprint density at radius 1 is 1.33 bits per heavy atom. The van der Waals surface area contributed by atoms with Crippen LogP contribution >= 0.6 is 0 Å². The highest BCUT2D eigenvalue weighted by atomic mass is 32.2. The molecule has 1 aliphatic rings. The van der Waals surface area contributed by atoms with E-state index in [0.717, 1.165) is 25.7 Å². The quantitative estimate of drug-likeness (QED) is 0.721. The standard InChI is InChI=1S/C8H16NO2S/c1-2-7-12(10,11)9-8-5-3-4-6-8/h8-9H,1-7H2. The molecule has 1 N–H and O–H groups in total. The van der Waals surface area contributed by atoms with Gasteiger partial charge in [-0.05, 0) is 19.3 Å². The van der Waals surface area contributed by atoms with Gasteiger partial charge in [0.1, 0.15) is 0 Å². The molecule has 0 bridgehead atoms. The van der Waals surface area contributed by atoms with Crippen LogP contribution in [-0.2, 0) is 10.0 Å². The van der Waals surface area contributed by atoms with Crippen LogP contribution in [0, 0.1) is 6.92 Å². The van der Waals surface area contributed by atoms with Crippen molar-refractivity contribution in [3.05, 3.63) is 6.92 Å². The summed E-state index contributed by atoms with van der Waals surface area (Å²) in [7, 11) is -3.03. The van der Waals surface area contributed by atoms with E-state index in [1.165, 1.54) is 0 Å². The van der Waals surface area contributed by atoms with Crippen molar-refractivity contribution >= 4 is 10.0 Å². The predicted molar refractivity (Wildman–Crippen MR) is 49.2 cm³/mol. The lowest BCUT2D eigenvalue weighted by atomic mass is 10.3. The van der Waals surface area contributed by atoms with E-state index in [2.05, 4.69) is 11.6 Å². The number of hydrogen-bond donors (Lipinski definition) is 1. The van der Waals surface area contributed by atoms with E-state index in [1.807, 2.05) is 0 Å². The molecule has 0 aromatic rings. The van der Waals surface area contributed by atoms with Crippen LogP contribution in [0.25, 0.3) is 0 Å².